The minimum Gasteiger partial charge on any atom is -0.388 e. The van der Waals surface area contributed by atoms with Crippen LogP contribution in [0.25, 0.3) is 11.3 Å². The van der Waals surface area contributed by atoms with E-state index in [9.17, 15) is 0 Å². The molecule has 0 aliphatic carbocycles. The van der Waals surface area contributed by atoms with Crippen LogP contribution in [0.1, 0.15) is 18.3 Å². The van der Waals surface area contributed by atoms with Crippen LogP contribution in [-0.4, -0.2) is 15.1 Å². The molecule has 0 saturated carbocycles. The SMILES string of the molecule is CCc1ccc(-c2ccnc(CO)n2)cc1. The summed E-state index contributed by atoms with van der Waals surface area (Å²) in [4.78, 5) is 8.21. The van der Waals surface area contributed by atoms with E-state index in [1.165, 1.54) is 5.56 Å². The molecule has 0 atom stereocenters. The molecule has 1 aromatic heterocycles. The average Bonchev–Trinajstić information content (AvgIpc) is 2.39. The number of aromatic nitrogens is 2. The van der Waals surface area contributed by atoms with Crippen molar-refractivity contribution in [1.29, 1.82) is 0 Å². The molecule has 0 radical (unpaired) electrons. The molecule has 0 aliphatic rings. The Morgan fingerprint density at radius 2 is 1.88 bits per heavy atom. The quantitative estimate of drug-likeness (QED) is 0.852. The van der Waals surface area contributed by atoms with Gasteiger partial charge < -0.3 is 5.11 Å². The van der Waals surface area contributed by atoms with Crippen LogP contribution >= 0.6 is 0 Å². The van der Waals surface area contributed by atoms with E-state index >= 15 is 0 Å². The van der Waals surface area contributed by atoms with Crippen LogP contribution in [-0.2, 0) is 13.0 Å². The zero-order valence-corrected chi connectivity index (χ0v) is 9.22. The monoisotopic (exact) mass is 214 g/mol. The molecule has 0 spiro atoms. The number of rotatable bonds is 3. The van der Waals surface area contributed by atoms with Crippen molar-refractivity contribution in [2.24, 2.45) is 0 Å². The highest BCUT2D eigenvalue weighted by Crippen LogP contribution is 2.17. The summed E-state index contributed by atoms with van der Waals surface area (Å²) >= 11 is 0. The molecule has 0 bridgehead atoms. The zero-order valence-electron chi connectivity index (χ0n) is 9.22. The van der Waals surface area contributed by atoms with Crippen LogP contribution in [0.2, 0.25) is 0 Å². The molecular weight excluding hydrogens is 200 g/mol. The maximum Gasteiger partial charge on any atom is 0.154 e. The van der Waals surface area contributed by atoms with Crippen molar-refractivity contribution in [3.8, 4) is 11.3 Å². The van der Waals surface area contributed by atoms with Gasteiger partial charge in [-0.05, 0) is 18.1 Å². The summed E-state index contributed by atoms with van der Waals surface area (Å²) < 4.78 is 0. The van der Waals surface area contributed by atoms with E-state index in [1.807, 2.05) is 18.2 Å². The number of nitrogens with zero attached hydrogens (tertiary/aromatic N) is 2. The smallest absolute Gasteiger partial charge is 0.154 e. The Balaban J connectivity index is 2.34. The summed E-state index contributed by atoms with van der Waals surface area (Å²) in [6, 6.07) is 10.1. The summed E-state index contributed by atoms with van der Waals surface area (Å²) in [5.41, 5.74) is 3.20. The first-order valence-electron chi connectivity index (χ1n) is 5.35. The molecule has 0 saturated heterocycles. The van der Waals surface area contributed by atoms with Crippen molar-refractivity contribution < 1.29 is 5.11 Å². The summed E-state index contributed by atoms with van der Waals surface area (Å²) in [7, 11) is 0. The van der Waals surface area contributed by atoms with Gasteiger partial charge in [0.15, 0.2) is 5.82 Å². The standard InChI is InChI=1S/C13H14N2O/c1-2-10-3-5-11(6-4-10)12-7-8-14-13(9-16)15-12/h3-8,16H,2,9H2,1H3. The van der Waals surface area contributed by atoms with Gasteiger partial charge in [0.25, 0.3) is 0 Å². The predicted octanol–water partition coefficient (Wildman–Crippen LogP) is 2.20. The Kier molecular flexibility index (Phi) is 3.27. The maximum atomic E-state index is 8.97. The van der Waals surface area contributed by atoms with Gasteiger partial charge in [0.1, 0.15) is 6.61 Å². The third-order valence-electron chi connectivity index (χ3n) is 2.50. The highest BCUT2D eigenvalue weighted by molar-refractivity contribution is 5.58. The number of aliphatic hydroxyl groups excluding tert-OH is 1. The van der Waals surface area contributed by atoms with Crippen LogP contribution in [0.4, 0.5) is 0 Å². The van der Waals surface area contributed by atoms with Gasteiger partial charge in [-0.2, -0.15) is 0 Å². The van der Waals surface area contributed by atoms with Crippen LogP contribution < -0.4 is 0 Å². The van der Waals surface area contributed by atoms with Crippen molar-refractivity contribution in [3.05, 3.63) is 47.9 Å². The van der Waals surface area contributed by atoms with Crippen molar-refractivity contribution in [1.82, 2.24) is 9.97 Å². The molecule has 16 heavy (non-hydrogen) atoms. The third kappa shape index (κ3) is 2.25. The minimum absolute atomic E-state index is 0.124. The molecule has 0 unspecified atom stereocenters. The first-order chi connectivity index (χ1) is 7.83. The first kappa shape index (κ1) is 10.8. The Hall–Kier alpha value is -1.74. The fourth-order valence-corrected chi connectivity index (χ4v) is 1.55. The summed E-state index contributed by atoms with van der Waals surface area (Å²) in [6.07, 6.45) is 2.70. The molecule has 1 aromatic carbocycles. The van der Waals surface area contributed by atoms with Gasteiger partial charge in [0.2, 0.25) is 0 Å². The topological polar surface area (TPSA) is 46.0 Å². The average molecular weight is 214 g/mol. The first-order valence-corrected chi connectivity index (χ1v) is 5.35. The molecule has 3 heteroatoms. The molecular formula is C13H14N2O. The van der Waals surface area contributed by atoms with E-state index in [0.29, 0.717) is 5.82 Å². The van der Waals surface area contributed by atoms with Gasteiger partial charge in [-0.25, -0.2) is 9.97 Å². The zero-order chi connectivity index (χ0) is 11.4. The highest BCUT2D eigenvalue weighted by Gasteiger charge is 2.01. The normalized spacial score (nSPS) is 10.4. The van der Waals surface area contributed by atoms with E-state index in [4.69, 9.17) is 5.11 Å². The Morgan fingerprint density at radius 1 is 1.12 bits per heavy atom. The van der Waals surface area contributed by atoms with Crippen molar-refractivity contribution >= 4 is 0 Å². The molecule has 1 heterocycles. The fourth-order valence-electron chi connectivity index (χ4n) is 1.55. The highest BCUT2D eigenvalue weighted by atomic mass is 16.3. The second kappa shape index (κ2) is 4.86. The minimum atomic E-state index is -0.124. The van der Waals surface area contributed by atoms with Gasteiger partial charge in [0, 0.05) is 11.8 Å². The van der Waals surface area contributed by atoms with E-state index in [1.54, 1.807) is 6.20 Å². The second-order valence-electron chi connectivity index (χ2n) is 3.57. The van der Waals surface area contributed by atoms with E-state index in [-0.39, 0.29) is 6.61 Å². The van der Waals surface area contributed by atoms with Crippen LogP contribution in [0, 0.1) is 0 Å². The molecule has 82 valence electrons. The lowest BCUT2D eigenvalue weighted by Gasteiger charge is -2.03. The number of benzene rings is 1. The molecule has 3 nitrogen and oxygen atoms in total. The fraction of sp³-hybridized carbons (Fsp3) is 0.231. The Bertz CT molecular complexity index is 466. The van der Waals surface area contributed by atoms with Crippen LogP contribution in [0.15, 0.2) is 36.5 Å². The predicted molar refractivity (Wildman–Crippen MR) is 62.8 cm³/mol. The van der Waals surface area contributed by atoms with Crippen molar-refractivity contribution in [3.63, 3.8) is 0 Å². The van der Waals surface area contributed by atoms with Crippen molar-refractivity contribution in [2.75, 3.05) is 0 Å². The summed E-state index contributed by atoms with van der Waals surface area (Å²) in [5, 5.41) is 8.97. The van der Waals surface area contributed by atoms with Crippen LogP contribution in [0.3, 0.4) is 0 Å². The van der Waals surface area contributed by atoms with Gasteiger partial charge in [-0.1, -0.05) is 31.2 Å². The molecule has 2 rings (SSSR count). The Morgan fingerprint density at radius 3 is 2.50 bits per heavy atom. The van der Waals surface area contributed by atoms with E-state index in [2.05, 4.69) is 29.0 Å². The largest absolute Gasteiger partial charge is 0.388 e. The lowest BCUT2D eigenvalue weighted by Crippen LogP contribution is -1.95. The van der Waals surface area contributed by atoms with E-state index < -0.39 is 0 Å². The van der Waals surface area contributed by atoms with Crippen LogP contribution in [0.5, 0.6) is 0 Å². The molecule has 2 aromatic rings. The number of aryl methyl sites for hydroxylation is 1. The van der Waals surface area contributed by atoms with Crippen molar-refractivity contribution in [2.45, 2.75) is 20.0 Å². The third-order valence-corrected chi connectivity index (χ3v) is 2.50. The molecule has 0 aliphatic heterocycles. The Labute approximate surface area is 94.8 Å². The van der Waals surface area contributed by atoms with Gasteiger partial charge in [-0.3, -0.25) is 0 Å². The van der Waals surface area contributed by atoms with Gasteiger partial charge >= 0.3 is 0 Å². The number of hydrogen-bond acceptors (Lipinski definition) is 3. The lowest BCUT2D eigenvalue weighted by atomic mass is 10.1. The van der Waals surface area contributed by atoms with Gasteiger partial charge in [0.05, 0.1) is 5.69 Å². The maximum absolute atomic E-state index is 8.97. The number of aliphatic hydroxyl groups is 1. The summed E-state index contributed by atoms with van der Waals surface area (Å²) in [6.45, 7) is 2.00. The number of hydrogen-bond donors (Lipinski definition) is 1. The van der Waals surface area contributed by atoms with Gasteiger partial charge in [-0.15, -0.1) is 0 Å². The second-order valence-corrected chi connectivity index (χ2v) is 3.57. The molecule has 0 amide bonds. The molecule has 1 N–H and O–H groups in total. The lowest BCUT2D eigenvalue weighted by molar-refractivity contribution is 0.271. The summed E-state index contributed by atoms with van der Waals surface area (Å²) in [5.74, 6) is 0.456. The molecule has 0 fully saturated rings. The van der Waals surface area contributed by atoms with E-state index in [0.717, 1.165) is 17.7 Å².